The van der Waals surface area contributed by atoms with Gasteiger partial charge in [0.15, 0.2) is 9.84 Å². The predicted molar refractivity (Wildman–Crippen MR) is 122 cm³/mol. The highest BCUT2D eigenvalue weighted by Crippen LogP contribution is 2.27. The zero-order valence-electron chi connectivity index (χ0n) is 18.2. The molecule has 0 spiro atoms. The standard InChI is InChI=1S/C22H28N2O6S2/c1-3-30-18-9-11-19(12-10-18)32(28,29)24-15-13-17(14-16-24)22(25)23-20-7-5-6-8-21(20)31(26,27)4-2/h5-12,17H,3-4,13-16H2,1-2H3,(H,23,25). The molecule has 174 valence electrons. The lowest BCUT2D eigenvalue weighted by molar-refractivity contribution is -0.120. The zero-order valence-corrected chi connectivity index (χ0v) is 19.8. The van der Waals surface area contributed by atoms with Gasteiger partial charge in [-0.25, -0.2) is 16.8 Å². The quantitative estimate of drug-likeness (QED) is 0.622. The number of ether oxygens (including phenoxy) is 1. The van der Waals surface area contributed by atoms with Crippen molar-refractivity contribution in [2.45, 2.75) is 36.5 Å². The molecule has 1 aliphatic rings. The van der Waals surface area contributed by atoms with Crippen LogP contribution in [0.4, 0.5) is 5.69 Å². The molecule has 0 aromatic heterocycles. The summed E-state index contributed by atoms with van der Waals surface area (Å²) in [5.41, 5.74) is 0.254. The number of benzene rings is 2. The number of nitrogens with zero attached hydrogens (tertiary/aromatic N) is 1. The Bertz CT molecular complexity index is 1150. The van der Waals surface area contributed by atoms with Crippen LogP contribution in [0.2, 0.25) is 0 Å². The molecule has 1 heterocycles. The molecule has 1 N–H and O–H groups in total. The maximum atomic E-state index is 12.9. The number of para-hydroxylation sites is 1. The van der Waals surface area contributed by atoms with E-state index in [1.807, 2.05) is 6.92 Å². The summed E-state index contributed by atoms with van der Waals surface area (Å²) >= 11 is 0. The lowest BCUT2D eigenvalue weighted by atomic mass is 9.97. The summed E-state index contributed by atoms with van der Waals surface area (Å²) < 4.78 is 57.2. The molecule has 1 amide bonds. The monoisotopic (exact) mass is 480 g/mol. The van der Waals surface area contributed by atoms with Crippen LogP contribution in [0.1, 0.15) is 26.7 Å². The van der Waals surface area contributed by atoms with E-state index >= 15 is 0 Å². The number of sulfonamides is 1. The molecule has 0 radical (unpaired) electrons. The van der Waals surface area contributed by atoms with Crippen molar-refractivity contribution in [3.8, 4) is 5.75 Å². The number of amides is 1. The SMILES string of the molecule is CCOc1ccc(S(=O)(=O)N2CCC(C(=O)Nc3ccccc3S(=O)(=O)CC)CC2)cc1. The Kier molecular flexibility index (Phi) is 7.58. The van der Waals surface area contributed by atoms with Gasteiger partial charge < -0.3 is 10.1 Å². The molecule has 8 nitrogen and oxygen atoms in total. The van der Waals surface area contributed by atoms with Crippen molar-refractivity contribution >= 4 is 31.5 Å². The lowest BCUT2D eigenvalue weighted by Gasteiger charge is -2.30. The summed E-state index contributed by atoms with van der Waals surface area (Å²) in [4.78, 5) is 13.0. The van der Waals surface area contributed by atoms with Crippen molar-refractivity contribution in [2.24, 2.45) is 5.92 Å². The van der Waals surface area contributed by atoms with Gasteiger partial charge in [-0.15, -0.1) is 0 Å². The van der Waals surface area contributed by atoms with E-state index in [9.17, 15) is 21.6 Å². The van der Waals surface area contributed by atoms with Crippen LogP contribution in [0.25, 0.3) is 0 Å². The molecule has 0 saturated carbocycles. The molecule has 0 unspecified atom stereocenters. The number of hydrogen-bond acceptors (Lipinski definition) is 6. The van der Waals surface area contributed by atoms with Crippen LogP contribution in [0.5, 0.6) is 5.75 Å². The first-order chi connectivity index (χ1) is 15.2. The van der Waals surface area contributed by atoms with Crippen LogP contribution in [0, 0.1) is 5.92 Å². The first-order valence-corrected chi connectivity index (χ1v) is 13.6. The predicted octanol–water partition coefficient (Wildman–Crippen LogP) is 2.92. The molecule has 10 heteroatoms. The van der Waals surface area contributed by atoms with Gasteiger partial charge in [0.2, 0.25) is 15.9 Å². The molecule has 32 heavy (non-hydrogen) atoms. The Morgan fingerprint density at radius 3 is 2.22 bits per heavy atom. The Balaban J connectivity index is 1.65. The third kappa shape index (κ3) is 5.31. The number of rotatable bonds is 8. The fourth-order valence-corrected chi connectivity index (χ4v) is 6.13. The van der Waals surface area contributed by atoms with Crippen molar-refractivity contribution in [3.05, 3.63) is 48.5 Å². The third-order valence-electron chi connectivity index (χ3n) is 5.46. The first kappa shape index (κ1) is 24.2. The largest absolute Gasteiger partial charge is 0.494 e. The number of carbonyl (C=O) groups excluding carboxylic acids is 1. The van der Waals surface area contributed by atoms with E-state index in [1.54, 1.807) is 37.3 Å². The number of sulfone groups is 1. The van der Waals surface area contributed by atoms with Crippen LogP contribution in [-0.2, 0) is 24.7 Å². The second kappa shape index (κ2) is 10.0. The normalized spacial score (nSPS) is 15.9. The summed E-state index contributed by atoms with van der Waals surface area (Å²) in [5, 5.41) is 2.72. The fraction of sp³-hybridized carbons (Fsp3) is 0.409. The van der Waals surface area contributed by atoms with Gasteiger partial charge in [0.05, 0.1) is 27.8 Å². The number of carbonyl (C=O) groups is 1. The Hall–Kier alpha value is -2.43. The molecule has 1 fully saturated rings. The summed E-state index contributed by atoms with van der Waals surface area (Å²) in [6.45, 7) is 4.32. The van der Waals surface area contributed by atoms with E-state index in [4.69, 9.17) is 4.74 Å². The summed E-state index contributed by atoms with van der Waals surface area (Å²) in [5.74, 6) is -0.171. The molecule has 0 bridgehead atoms. The van der Waals surface area contributed by atoms with Crippen molar-refractivity contribution in [1.82, 2.24) is 4.31 Å². The van der Waals surface area contributed by atoms with Crippen LogP contribution in [0.3, 0.4) is 0 Å². The molecule has 2 aromatic rings. The zero-order chi connectivity index (χ0) is 23.4. The molecule has 1 aliphatic heterocycles. The number of piperidine rings is 1. The minimum Gasteiger partial charge on any atom is -0.494 e. The van der Waals surface area contributed by atoms with Gasteiger partial charge in [-0.1, -0.05) is 19.1 Å². The second-order valence-electron chi connectivity index (χ2n) is 7.47. The Labute approximate surface area is 189 Å². The van der Waals surface area contributed by atoms with Crippen molar-refractivity contribution in [3.63, 3.8) is 0 Å². The molecule has 0 aliphatic carbocycles. The smallest absolute Gasteiger partial charge is 0.243 e. The van der Waals surface area contributed by atoms with E-state index in [2.05, 4.69) is 5.32 Å². The van der Waals surface area contributed by atoms with Crippen LogP contribution >= 0.6 is 0 Å². The number of nitrogens with one attached hydrogen (secondary N) is 1. The average Bonchev–Trinajstić information content (AvgIpc) is 2.80. The summed E-state index contributed by atoms with van der Waals surface area (Å²) in [6, 6.07) is 12.6. The molecule has 1 saturated heterocycles. The van der Waals surface area contributed by atoms with Crippen LogP contribution in [-0.4, -0.2) is 52.5 Å². The summed E-state index contributed by atoms with van der Waals surface area (Å²) in [6.07, 6.45) is 0.704. The molecule has 3 rings (SSSR count). The van der Waals surface area contributed by atoms with Gasteiger partial charge in [-0.05, 0) is 56.2 Å². The summed E-state index contributed by atoms with van der Waals surface area (Å²) in [7, 11) is -7.15. The molecular weight excluding hydrogens is 452 g/mol. The van der Waals surface area contributed by atoms with Crippen molar-refractivity contribution in [2.75, 3.05) is 30.8 Å². The van der Waals surface area contributed by atoms with Gasteiger partial charge in [0.1, 0.15) is 5.75 Å². The Morgan fingerprint density at radius 1 is 1.00 bits per heavy atom. The molecule has 2 aromatic carbocycles. The minimum absolute atomic E-state index is 0.0678. The van der Waals surface area contributed by atoms with E-state index in [-0.39, 0.29) is 40.2 Å². The highest BCUT2D eigenvalue weighted by atomic mass is 32.2. The highest BCUT2D eigenvalue weighted by Gasteiger charge is 2.32. The van der Waals surface area contributed by atoms with Crippen molar-refractivity contribution < 1.29 is 26.4 Å². The molecule has 0 atom stereocenters. The van der Waals surface area contributed by atoms with Crippen LogP contribution < -0.4 is 10.1 Å². The maximum absolute atomic E-state index is 12.9. The van der Waals surface area contributed by atoms with Crippen molar-refractivity contribution in [1.29, 1.82) is 0 Å². The molecular formula is C22H28N2O6S2. The topological polar surface area (TPSA) is 110 Å². The first-order valence-electron chi connectivity index (χ1n) is 10.5. The average molecular weight is 481 g/mol. The Morgan fingerprint density at radius 2 is 1.62 bits per heavy atom. The highest BCUT2D eigenvalue weighted by molar-refractivity contribution is 7.91. The minimum atomic E-state index is -3.66. The van der Waals surface area contributed by atoms with Gasteiger partial charge in [0.25, 0.3) is 0 Å². The van der Waals surface area contributed by atoms with E-state index in [0.29, 0.717) is 25.2 Å². The van der Waals surface area contributed by atoms with Gasteiger partial charge in [-0.2, -0.15) is 4.31 Å². The maximum Gasteiger partial charge on any atom is 0.243 e. The van der Waals surface area contributed by atoms with Gasteiger partial charge >= 0.3 is 0 Å². The lowest BCUT2D eigenvalue weighted by Crippen LogP contribution is -2.41. The van der Waals surface area contributed by atoms with E-state index < -0.39 is 25.8 Å². The van der Waals surface area contributed by atoms with Gasteiger partial charge in [-0.3, -0.25) is 4.79 Å². The fourth-order valence-electron chi connectivity index (χ4n) is 3.61. The number of hydrogen-bond donors (Lipinski definition) is 1. The van der Waals surface area contributed by atoms with E-state index in [0.717, 1.165) is 0 Å². The van der Waals surface area contributed by atoms with Gasteiger partial charge in [0, 0.05) is 19.0 Å². The van der Waals surface area contributed by atoms with E-state index in [1.165, 1.54) is 22.5 Å². The third-order valence-corrected chi connectivity index (χ3v) is 9.16. The number of anilines is 1. The second-order valence-corrected chi connectivity index (χ2v) is 11.7. The van der Waals surface area contributed by atoms with Crippen LogP contribution in [0.15, 0.2) is 58.3 Å².